The van der Waals surface area contributed by atoms with Gasteiger partial charge in [0, 0.05) is 37.9 Å². The number of hydrogen-bond acceptors (Lipinski definition) is 3. The average molecular weight is 274 g/mol. The third-order valence-corrected chi connectivity index (χ3v) is 4.61. The van der Waals surface area contributed by atoms with Crippen molar-refractivity contribution in [2.45, 2.75) is 31.7 Å². The highest BCUT2D eigenvalue weighted by Crippen LogP contribution is 2.25. The molecule has 0 amide bonds. The molecule has 1 saturated heterocycles. The molecular formula is C16H22N2O2. The highest BCUT2D eigenvalue weighted by atomic mass is 16.4. The monoisotopic (exact) mass is 274 g/mol. The Kier molecular flexibility index (Phi) is 3.92. The Labute approximate surface area is 120 Å². The molecule has 2 fully saturated rings. The molecule has 1 aromatic rings. The second kappa shape index (κ2) is 5.83. The van der Waals surface area contributed by atoms with Crippen molar-refractivity contribution in [1.29, 1.82) is 0 Å². The van der Waals surface area contributed by atoms with E-state index >= 15 is 0 Å². The number of benzene rings is 1. The zero-order valence-electron chi connectivity index (χ0n) is 11.8. The topological polar surface area (TPSA) is 43.8 Å². The molecule has 20 heavy (non-hydrogen) atoms. The SMILES string of the molecule is O=C(O)c1cccc(N2CCN(C3CCCC3)CC2)c1. The van der Waals surface area contributed by atoms with Crippen LogP contribution in [0.4, 0.5) is 5.69 Å². The van der Waals surface area contributed by atoms with Gasteiger partial charge in [-0.1, -0.05) is 18.9 Å². The maximum Gasteiger partial charge on any atom is 0.335 e. The van der Waals surface area contributed by atoms with Gasteiger partial charge < -0.3 is 10.0 Å². The molecule has 0 aromatic heterocycles. The van der Waals surface area contributed by atoms with Crippen LogP contribution in [-0.2, 0) is 0 Å². The molecule has 0 atom stereocenters. The second-order valence-corrected chi connectivity index (χ2v) is 5.82. The van der Waals surface area contributed by atoms with E-state index in [0.717, 1.165) is 37.9 Å². The number of hydrogen-bond donors (Lipinski definition) is 1. The first-order valence-corrected chi connectivity index (χ1v) is 7.56. The van der Waals surface area contributed by atoms with Crippen LogP contribution in [0.15, 0.2) is 24.3 Å². The van der Waals surface area contributed by atoms with Crippen LogP contribution >= 0.6 is 0 Å². The van der Waals surface area contributed by atoms with E-state index in [1.54, 1.807) is 12.1 Å². The van der Waals surface area contributed by atoms with Crippen LogP contribution in [0.25, 0.3) is 0 Å². The number of rotatable bonds is 3. The van der Waals surface area contributed by atoms with Gasteiger partial charge in [-0.2, -0.15) is 0 Å². The minimum atomic E-state index is -0.851. The molecule has 1 N–H and O–H groups in total. The van der Waals surface area contributed by atoms with Crippen molar-refractivity contribution >= 4 is 11.7 Å². The van der Waals surface area contributed by atoms with E-state index in [4.69, 9.17) is 5.11 Å². The molecule has 0 radical (unpaired) electrons. The Morgan fingerprint density at radius 1 is 1.10 bits per heavy atom. The number of aromatic carboxylic acids is 1. The van der Waals surface area contributed by atoms with Crippen LogP contribution in [0, 0.1) is 0 Å². The number of carboxylic acids is 1. The maximum absolute atomic E-state index is 11.0. The predicted octanol–water partition coefficient (Wildman–Crippen LogP) is 2.45. The molecule has 108 valence electrons. The maximum atomic E-state index is 11.0. The van der Waals surface area contributed by atoms with Crippen LogP contribution in [0.2, 0.25) is 0 Å². The average Bonchev–Trinajstić information content (AvgIpc) is 3.02. The molecule has 1 saturated carbocycles. The summed E-state index contributed by atoms with van der Waals surface area (Å²) in [7, 11) is 0. The van der Waals surface area contributed by atoms with E-state index in [0.29, 0.717) is 5.56 Å². The predicted molar refractivity (Wildman–Crippen MR) is 79.4 cm³/mol. The summed E-state index contributed by atoms with van der Waals surface area (Å²) < 4.78 is 0. The van der Waals surface area contributed by atoms with Gasteiger partial charge in [0.05, 0.1) is 5.56 Å². The van der Waals surface area contributed by atoms with E-state index in [9.17, 15) is 4.79 Å². The molecule has 1 aliphatic carbocycles. The minimum absolute atomic E-state index is 0.376. The molecule has 0 bridgehead atoms. The van der Waals surface area contributed by atoms with Crippen molar-refractivity contribution in [2.24, 2.45) is 0 Å². The third-order valence-electron chi connectivity index (χ3n) is 4.61. The summed E-state index contributed by atoms with van der Waals surface area (Å²) in [5.41, 5.74) is 1.41. The Morgan fingerprint density at radius 2 is 1.80 bits per heavy atom. The fraction of sp³-hybridized carbons (Fsp3) is 0.562. The zero-order valence-corrected chi connectivity index (χ0v) is 11.8. The first-order chi connectivity index (χ1) is 9.74. The quantitative estimate of drug-likeness (QED) is 0.919. The van der Waals surface area contributed by atoms with E-state index < -0.39 is 5.97 Å². The molecule has 1 heterocycles. The van der Waals surface area contributed by atoms with Gasteiger partial charge in [-0.05, 0) is 31.0 Å². The first kappa shape index (κ1) is 13.4. The molecule has 3 rings (SSSR count). The smallest absolute Gasteiger partial charge is 0.335 e. The highest BCUT2D eigenvalue weighted by Gasteiger charge is 2.26. The van der Waals surface area contributed by atoms with E-state index in [1.165, 1.54) is 25.7 Å². The fourth-order valence-corrected chi connectivity index (χ4v) is 3.45. The van der Waals surface area contributed by atoms with Gasteiger partial charge >= 0.3 is 5.97 Å². The Bertz CT molecular complexity index is 475. The molecule has 2 aliphatic rings. The Hall–Kier alpha value is -1.55. The van der Waals surface area contributed by atoms with E-state index in [1.807, 2.05) is 12.1 Å². The van der Waals surface area contributed by atoms with Crippen LogP contribution in [0.3, 0.4) is 0 Å². The normalized spacial score (nSPS) is 21.3. The Morgan fingerprint density at radius 3 is 2.45 bits per heavy atom. The van der Waals surface area contributed by atoms with Crippen LogP contribution in [0.1, 0.15) is 36.0 Å². The second-order valence-electron chi connectivity index (χ2n) is 5.82. The van der Waals surface area contributed by atoms with Gasteiger partial charge in [-0.25, -0.2) is 4.79 Å². The van der Waals surface area contributed by atoms with Crippen molar-refractivity contribution in [3.8, 4) is 0 Å². The third kappa shape index (κ3) is 2.80. The number of anilines is 1. The summed E-state index contributed by atoms with van der Waals surface area (Å²) in [5.74, 6) is -0.851. The lowest BCUT2D eigenvalue weighted by Gasteiger charge is -2.39. The zero-order chi connectivity index (χ0) is 13.9. The number of nitrogens with zero attached hydrogens (tertiary/aromatic N) is 2. The lowest BCUT2D eigenvalue weighted by molar-refractivity contribution is 0.0697. The Balaban J connectivity index is 1.62. The number of piperazine rings is 1. The molecule has 0 unspecified atom stereocenters. The molecule has 0 spiro atoms. The lowest BCUT2D eigenvalue weighted by atomic mass is 10.1. The van der Waals surface area contributed by atoms with E-state index in [-0.39, 0.29) is 0 Å². The molecule has 1 aliphatic heterocycles. The largest absolute Gasteiger partial charge is 0.478 e. The van der Waals surface area contributed by atoms with Crippen molar-refractivity contribution < 1.29 is 9.90 Å². The number of carboxylic acid groups (broad SMARTS) is 1. The van der Waals surface area contributed by atoms with Crippen molar-refractivity contribution in [2.75, 3.05) is 31.1 Å². The fourth-order valence-electron chi connectivity index (χ4n) is 3.45. The van der Waals surface area contributed by atoms with Crippen LogP contribution in [-0.4, -0.2) is 48.2 Å². The van der Waals surface area contributed by atoms with Gasteiger partial charge in [0.1, 0.15) is 0 Å². The lowest BCUT2D eigenvalue weighted by Crippen LogP contribution is -2.49. The molecule has 1 aromatic carbocycles. The highest BCUT2D eigenvalue weighted by molar-refractivity contribution is 5.88. The standard InChI is InChI=1S/C16H22N2O2/c19-16(20)13-4-3-7-15(12-13)18-10-8-17(9-11-18)14-5-1-2-6-14/h3-4,7,12,14H,1-2,5-6,8-11H2,(H,19,20). The van der Waals surface area contributed by atoms with Crippen LogP contribution in [0.5, 0.6) is 0 Å². The molecule has 4 nitrogen and oxygen atoms in total. The molecule has 4 heteroatoms. The minimum Gasteiger partial charge on any atom is -0.478 e. The summed E-state index contributed by atoms with van der Waals surface area (Å²) in [6.07, 6.45) is 5.47. The summed E-state index contributed by atoms with van der Waals surface area (Å²) >= 11 is 0. The first-order valence-electron chi connectivity index (χ1n) is 7.56. The summed E-state index contributed by atoms with van der Waals surface area (Å²) in [4.78, 5) is 16.0. The van der Waals surface area contributed by atoms with Gasteiger partial charge in [0.15, 0.2) is 0 Å². The van der Waals surface area contributed by atoms with Crippen molar-refractivity contribution in [3.63, 3.8) is 0 Å². The van der Waals surface area contributed by atoms with Crippen molar-refractivity contribution in [3.05, 3.63) is 29.8 Å². The summed E-state index contributed by atoms with van der Waals surface area (Å²) in [5, 5.41) is 9.07. The van der Waals surface area contributed by atoms with Gasteiger partial charge in [0.2, 0.25) is 0 Å². The van der Waals surface area contributed by atoms with Gasteiger partial charge in [-0.3, -0.25) is 4.90 Å². The number of carbonyl (C=O) groups is 1. The van der Waals surface area contributed by atoms with E-state index in [2.05, 4.69) is 9.80 Å². The van der Waals surface area contributed by atoms with Gasteiger partial charge in [-0.15, -0.1) is 0 Å². The summed E-state index contributed by atoms with van der Waals surface area (Å²) in [6, 6.07) is 8.08. The molecular weight excluding hydrogens is 252 g/mol. The van der Waals surface area contributed by atoms with Gasteiger partial charge in [0.25, 0.3) is 0 Å². The van der Waals surface area contributed by atoms with Crippen molar-refractivity contribution in [1.82, 2.24) is 4.90 Å². The van der Waals surface area contributed by atoms with Crippen LogP contribution < -0.4 is 4.90 Å². The summed E-state index contributed by atoms with van der Waals surface area (Å²) in [6.45, 7) is 4.20.